The lowest BCUT2D eigenvalue weighted by atomic mass is 10.00. The minimum absolute atomic E-state index is 0.572. The number of thiophene rings is 1. The second-order valence-corrected chi connectivity index (χ2v) is 17.4. The van der Waals surface area contributed by atoms with Crippen molar-refractivity contribution in [3.05, 3.63) is 194 Å². The maximum absolute atomic E-state index is 6.93. The molecule has 0 saturated heterocycles. The number of benzene rings is 10. The first-order valence-electron chi connectivity index (χ1n) is 21.2. The molecule has 0 radical (unpaired) electrons. The molecule has 4 aromatic heterocycles. The minimum atomic E-state index is 0.572. The van der Waals surface area contributed by atoms with Gasteiger partial charge in [-0.2, -0.15) is 0 Å². The maximum Gasteiger partial charge on any atom is 0.166 e. The van der Waals surface area contributed by atoms with Gasteiger partial charge in [-0.3, -0.25) is 0 Å². The van der Waals surface area contributed by atoms with E-state index in [9.17, 15) is 0 Å². The number of fused-ring (bicyclic) bond motifs is 13. The van der Waals surface area contributed by atoms with E-state index in [1.165, 1.54) is 36.3 Å². The van der Waals surface area contributed by atoms with Crippen LogP contribution in [0.3, 0.4) is 0 Å². The van der Waals surface area contributed by atoms with E-state index >= 15 is 0 Å². The van der Waals surface area contributed by atoms with Crippen LogP contribution in [0.2, 0.25) is 0 Å². The molecule has 0 bridgehead atoms. The third-order valence-corrected chi connectivity index (χ3v) is 13.9. The van der Waals surface area contributed by atoms with Crippen molar-refractivity contribution < 1.29 is 4.42 Å². The van der Waals surface area contributed by atoms with Crippen molar-refractivity contribution >= 4 is 108 Å². The second-order valence-electron chi connectivity index (χ2n) is 16.3. The van der Waals surface area contributed by atoms with Crippen LogP contribution in [-0.4, -0.2) is 19.5 Å². The fraction of sp³-hybridized carbons (Fsp3) is 0. The summed E-state index contributed by atoms with van der Waals surface area (Å²) in [5.41, 5.74) is 7.54. The standard InChI is InChI=1S/C57H32N4OS/c1-2-14-35-30-38(25-24-33(35)12-1)55-58-56(43-20-11-23-50-51(43)41-19-8-10-22-49(41)63-50)60-57(59-55)53-46(28-29-48-52(53)42-27-26-34-13-5-6-17-39(34)54(42)62-48)61-45-21-9-7-18-40(45)44-31-36-15-3-4-16-37(36)32-47(44)61/h1-32H. The van der Waals surface area contributed by atoms with Gasteiger partial charge in [0.25, 0.3) is 0 Å². The van der Waals surface area contributed by atoms with Crippen LogP contribution in [0.1, 0.15) is 0 Å². The van der Waals surface area contributed by atoms with Gasteiger partial charge in [0, 0.05) is 58.2 Å². The van der Waals surface area contributed by atoms with Crippen LogP contribution in [0.5, 0.6) is 0 Å². The number of para-hydroxylation sites is 1. The van der Waals surface area contributed by atoms with Crippen molar-refractivity contribution in [1.82, 2.24) is 19.5 Å². The molecule has 14 rings (SSSR count). The fourth-order valence-corrected chi connectivity index (χ4v) is 11.1. The molecule has 0 amide bonds. The van der Waals surface area contributed by atoms with Gasteiger partial charge in [-0.05, 0) is 81.5 Å². The predicted octanol–water partition coefficient (Wildman–Crippen LogP) is 15.7. The van der Waals surface area contributed by atoms with Gasteiger partial charge in [0.2, 0.25) is 0 Å². The number of hydrogen-bond donors (Lipinski definition) is 0. The van der Waals surface area contributed by atoms with Crippen molar-refractivity contribution in [3.8, 4) is 39.9 Å². The number of furan rings is 1. The molecule has 4 heterocycles. The first-order chi connectivity index (χ1) is 31.2. The van der Waals surface area contributed by atoms with Crippen LogP contribution in [0.25, 0.3) is 136 Å². The lowest BCUT2D eigenvalue weighted by Gasteiger charge is -2.16. The summed E-state index contributed by atoms with van der Waals surface area (Å²) in [6.07, 6.45) is 0. The predicted molar refractivity (Wildman–Crippen MR) is 263 cm³/mol. The van der Waals surface area contributed by atoms with Crippen LogP contribution < -0.4 is 0 Å². The van der Waals surface area contributed by atoms with Crippen molar-refractivity contribution in [1.29, 1.82) is 0 Å². The lowest BCUT2D eigenvalue weighted by molar-refractivity contribution is 0.672. The molecular formula is C57H32N4OS. The van der Waals surface area contributed by atoms with E-state index in [0.717, 1.165) is 82.3 Å². The van der Waals surface area contributed by atoms with Crippen LogP contribution >= 0.6 is 11.3 Å². The zero-order chi connectivity index (χ0) is 41.2. The van der Waals surface area contributed by atoms with Gasteiger partial charge in [-0.15, -0.1) is 11.3 Å². The molecule has 0 aliphatic rings. The average Bonchev–Trinajstić information content (AvgIpc) is 4.02. The number of hydrogen-bond acceptors (Lipinski definition) is 5. The Morgan fingerprint density at radius 3 is 1.94 bits per heavy atom. The molecule has 10 aromatic carbocycles. The van der Waals surface area contributed by atoms with Crippen molar-refractivity contribution in [2.45, 2.75) is 0 Å². The Bertz CT molecular complexity index is 4230. The van der Waals surface area contributed by atoms with E-state index in [1.54, 1.807) is 11.3 Å². The molecular weight excluding hydrogens is 789 g/mol. The highest BCUT2D eigenvalue weighted by atomic mass is 32.1. The van der Waals surface area contributed by atoms with Crippen molar-refractivity contribution in [3.63, 3.8) is 0 Å². The van der Waals surface area contributed by atoms with E-state index in [-0.39, 0.29) is 0 Å². The molecule has 0 unspecified atom stereocenters. The van der Waals surface area contributed by atoms with Crippen LogP contribution in [0, 0.1) is 0 Å². The SMILES string of the molecule is c1ccc2cc(-c3nc(-c4c(-n5c6ccccc6c6cc7ccccc7cc65)ccc5oc6c7ccccc7ccc6c45)nc(-c4cccc5sc6ccccc6c45)n3)ccc2c1. The summed E-state index contributed by atoms with van der Waals surface area (Å²) in [6.45, 7) is 0. The molecule has 5 nitrogen and oxygen atoms in total. The highest BCUT2D eigenvalue weighted by Crippen LogP contribution is 2.46. The largest absolute Gasteiger partial charge is 0.455 e. The Morgan fingerprint density at radius 2 is 1.06 bits per heavy atom. The fourth-order valence-electron chi connectivity index (χ4n) is 9.94. The van der Waals surface area contributed by atoms with Gasteiger partial charge in [0.15, 0.2) is 17.5 Å². The highest BCUT2D eigenvalue weighted by Gasteiger charge is 2.26. The summed E-state index contributed by atoms with van der Waals surface area (Å²) in [5, 5.41) is 13.5. The van der Waals surface area contributed by atoms with E-state index in [4.69, 9.17) is 19.4 Å². The van der Waals surface area contributed by atoms with Gasteiger partial charge in [0.1, 0.15) is 11.2 Å². The summed E-state index contributed by atoms with van der Waals surface area (Å²) in [5.74, 6) is 1.79. The third kappa shape index (κ3) is 5.13. The maximum atomic E-state index is 6.93. The van der Waals surface area contributed by atoms with E-state index < -0.39 is 0 Å². The first-order valence-corrected chi connectivity index (χ1v) is 22.0. The molecule has 14 aromatic rings. The Labute approximate surface area is 363 Å². The second kappa shape index (κ2) is 13.2. The third-order valence-electron chi connectivity index (χ3n) is 12.8. The van der Waals surface area contributed by atoms with Gasteiger partial charge in [-0.25, -0.2) is 15.0 Å². The molecule has 63 heavy (non-hydrogen) atoms. The van der Waals surface area contributed by atoms with E-state index in [0.29, 0.717) is 17.5 Å². The monoisotopic (exact) mass is 820 g/mol. The zero-order valence-corrected chi connectivity index (χ0v) is 34.4. The normalized spacial score (nSPS) is 12.1. The molecule has 0 atom stereocenters. The molecule has 0 spiro atoms. The summed E-state index contributed by atoms with van der Waals surface area (Å²) in [4.78, 5) is 16.5. The highest BCUT2D eigenvalue weighted by molar-refractivity contribution is 7.25. The zero-order valence-electron chi connectivity index (χ0n) is 33.6. The Kier molecular flexibility index (Phi) is 7.21. The molecule has 0 N–H and O–H groups in total. The summed E-state index contributed by atoms with van der Waals surface area (Å²) in [6, 6.07) is 69.1. The molecule has 0 aliphatic carbocycles. The number of nitrogens with zero attached hydrogens (tertiary/aromatic N) is 4. The molecule has 0 saturated carbocycles. The summed E-state index contributed by atoms with van der Waals surface area (Å²) < 4.78 is 11.7. The Balaban J connectivity index is 1.16. The van der Waals surface area contributed by atoms with Gasteiger partial charge in [0.05, 0.1) is 22.3 Å². The lowest BCUT2D eigenvalue weighted by Crippen LogP contribution is -2.04. The van der Waals surface area contributed by atoms with Gasteiger partial charge in [-0.1, -0.05) is 140 Å². The van der Waals surface area contributed by atoms with Crippen molar-refractivity contribution in [2.24, 2.45) is 0 Å². The van der Waals surface area contributed by atoms with Gasteiger partial charge >= 0.3 is 0 Å². The molecule has 0 fully saturated rings. The van der Waals surface area contributed by atoms with E-state index in [1.807, 2.05) is 0 Å². The Morgan fingerprint density at radius 1 is 0.397 bits per heavy atom. The number of aromatic nitrogens is 4. The van der Waals surface area contributed by atoms with Crippen LogP contribution in [0.15, 0.2) is 199 Å². The molecule has 292 valence electrons. The Hall–Kier alpha value is -8.19. The summed E-state index contributed by atoms with van der Waals surface area (Å²) >= 11 is 1.80. The average molecular weight is 821 g/mol. The number of rotatable bonds is 4. The molecule has 0 aliphatic heterocycles. The minimum Gasteiger partial charge on any atom is -0.455 e. The first kappa shape index (κ1) is 34.5. The molecule has 6 heteroatoms. The smallest absolute Gasteiger partial charge is 0.166 e. The van der Waals surface area contributed by atoms with Gasteiger partial charge < -0.3 is 8.98 Å². The quantitative estimate of drug-likeness (QED) is 0.177. The summed E-state index contributed by atoms with van der Waals surface area (Å²) in [7, 11) is 0. The van der Waals surface area contributed by atoms with E-state index in [2.05, 4.69) is 199 Å². The van der Waals surface area contributed by atoms with Crippen LogP contribution in [-0.2, 0) is 0 Å². The topological polar surface area (TPSA) is 56.7 Å². The van der Waals surface area contributed by atoms with Crippen molar-refractivity contribution in [2.75, 3.05) is 0 Å². The van der Waals surface area contributed by atoms with Crippen LogP contribution in [0.4, 0.5) is 0 Å².